The molecule has 3 nitrogen and oxygen atoms in total. The molecule has 0 aliphatic heterocycles. The predicted molar refractivity (Wildman–Crippen MR) is 104 cm³/mol. The highest BCUT2D eigenvalue weighted by Crippen LogP contribution is 2.20. The summed E-state index contributed by atoms with van der Waals surface area (Å²) in [4.78, 5) is 15.5. The summed E-state index contributed by atoms with van der Waals surface area (Å²) in [6.45, 7) is 0.362. The summed E-state index contributed by atoms with van der Waals surface area (Å²) >= 11 is 0. The van der Waals surface area contributed by atoms with Crippen molar-refractivity contribution in [1.82, 2.24) is 4.98 Å². The van der Waals surface area contributed by atoms with Crippen molar-refractivity contribution in [3.8, 4) is 11.1 Å². The number of rotatable bonds is 5. The molecule has 0 saturated carbocycles. The Labute approximate surface area is 152 Å². The summed E-state index contributed by atoms with van der Waals surface area (Å²) in [7, 11) is 0. The van der Waals surface area contributed by atoms with E-state index in [-0.39, 0.29) is 5.97 Å². The van der Waals surface area contributed by atoms with Crippen LogP contribution in [0.4, 0.5) is 0 Å². The zero-order valence-electron chi connectivity index (χ0n) is 14.3. The Morgan fingerprint density at radius 2 is 1.50 bits per heavy atom. The minimum Gasteiger partial charge on any atom is -0.462 e. The van der Waals surface area contributed by atoms with Crippen molar-refractivity contribution in [2.45, 2.75) is 6.42 Å². The van der Waals surface area contributed by atoms with Crippen LogP contribution in [0, 0.1) is 0 Å². The van der Waals surface area contributed by atoms with Gasteiger partial charge in [0.1, 0.15) is 0 Å². The maximum atomic E-state index is 12.3. The van der Waals surface area contributed by atoms with Gasteiger partial charge in [0.15, 0.2) is 0 Å². The van der Waals surface area contributed by atoms with E-state index in [1.807, 2.05) is 66.9 Å². The molecule has 4 rings (SSSR count). The van der Waals surface area contributed by atoms with Crippen molar-refractivity contribution in [2.24, 2.45) is 0 Å². The van der Waals surface area contributed by atoms with Crippen LogP contribution < -0.4 is 0 Å². The number of fused-ring (bicyclic) bond motifs is 1. The molecule has 1 N–H and O–H groups in total. The lowest BCUT2D eigenvalue weighted by atomic mass is 10.0. The fourth-order valence-corrected chi connectivity index (χ4v) is 3.10. The maximum absolute atomic E-state index is 12.3. The molecule has 1 aromatic heterocycles. The summed E-state index contributed by atoms with van der Waals surface area (Å²) < 4.78 is 5.44. The van der Waals surface area contributed by atoms with Gasteiger partial charge in [0, 0.05) is 23.5 Å². The third-order valence-corrected chi connectivity index (χ3v) is 4.51. The van der Waals surface area contributed by atoms with Crippen molar-refractivity contribution in [2.75, 3.05) is 6.61 Å². The molecule has 0 bridgehead atoms. The topological polar surface area (TPSA) is 42.1 Å². The van der Waals surface area contributed by atoms with Gasteiger partial charge in [0.2, 0.25) is 0 Å². The monoisotopic (exact) mass is 341 g/mol. The Morgan fingerprint density at radius 3 is 2.31 bits per heavy atom. The molecular formula is C23H19NO2. The van der Waals surface area contributed by atoms with Gasteiger partial charge in [0.05, 0.1) is 12.2 Å². The summed E-state index contributed by atoms with van der Waals surface area (Å²) in [6, 6.07) is 25.8. The second-order valence-corrected chi connectivity index (χ2v) is 6.19. The summed E-state index contributed by atoms with van der Waals surface area (Å²) in [6.07, 6.45) is 2.67. The van der Waals surface area contributed by atoms with Crippen LogP contribution in [0.2, 0.25) is 0 Å². The van der Waals surface area contributed by atoms with Gasteiger partial charge in [-0.25, -0.2) is 4.79 Å². The number of hydrogen-bond acceptors (Lipinski definition) is 2. The van der Waals surface area contributed by atoms with Crippen molar-refractivity contribution in [1.29, 1.82) is 0 Å². The van der Waals surface area contributed by atoms with Crippen molar-refractivity contribution in [3.63, 3.8) is 0 Å². The smallest absolute Gasteiger partial charge is 0.338 e. The molecule has 4 aromatic rings. The molecule has 0 atom stereocenters. The van der Waals surface area contributed by atoms with Gasteiger partial charge in [-0.15, -0.1) is 0 Å². The molecule has 0 unspecified atom stereocenters. The maximum Gasteiger partial charge on any atom is 0.338 e. The van der Waals surface area contributed by atoms with Crippen LogP contribution >= 0.6 is 0 Å². The fourth-order valence-electron chi connectivity index (χ4n) is 3.10. The minimum atomic E-state index is -0.288. The molecule has 0 aliphatic carbocycles. The first-order chi connectivity index (χ1) is 12.8. The number of carbonyl (C=O) groups is 1. The van der Waals surface area contributed by atoms with Crippen LogP contribution in [0.15, 0.2) is 85.1 Å². The summed E-state index contributed by atoms with van der Waals surface area (Å²) in [5.41, 5.74) is 5.05. The molecule has 0 fully saturated rings. The number of hydrogen-bond donors (Lipinski definition) is 1. The van der Waals surface area contributed by atoms with Crippen LogP contribution in [-0.4, -0.2) is 17.6 Å². The number of nitrogens with one attached hydrogen (secondary N) is 1. The first-order valence-corrected chi connectivity index (χ1v) is 8.69. The van der Waals surface area contributed by atoms with Crippen LogP contribution in [0.3, 0.4) is 0 Å². The highest BCUT2D eigenvalue weighted by atomic mass is 16.5. The zero-order chi connectivity index (χ0) is 17.8. The van der Waals surface area contributed by atoms with Crippen LogP contribution in [0.25, 0.3) is 22.0 Å². The third kappa shape index (κ3) is 3.38. The van der Waals surface area contributed by atoms with E-state index in [4.69, 9.17) is 4.74 Å². The van der Waals surface area contributed by atoms with E-state index >= 15 is 0 Å². The minimum absolute atomic E-state index is 0.288. The lowest BCUT2D eigenvalue weighted by Crippen LogP contribution is -2.08. The van der Waals surface area contributed by atoms with Gasteiger partial charge in [-0.1, -0.05) is 60.7 Å². The average molecular weight is 341 g/mol. The van der Waals surface area contributed by atoms with Gasteiger partial charge in [-0.3, -0.25) is 0 Å². The standard InChI is InChI=1S/C23H19NO2/c25-23(19-12-10-18(11-13-19)17-6-2-1-3-7-17)26-15-14-20-16-24-22-9-5-4-8-21(20)22/h1-13,16,24H,14-15H2. The third-order valence-electron chi connectivity index (χ3n) is 4.51. The quantitative estimate of drug-likeness (QED) is 0.505. The van der Waals surface area contributed by atoms with E-state index < -0.39 is 0 Å². The zero-order valence-corrected chi connectivity index (χ0v) is 14.3. The van der Waals surface area contributed by atoms with Crippen LogP contribution in [0.1, 0.15) is 15.9 Å². The second kappa shape index (κ2) is 7.28. The SMILES string of the molecule is O=C(OCCc1c[nH]c2ccccc12)c1ccc(-c2ccccc2)cc1. The number of aromatic amines is 1. The number of carbonyl (C=O) groups excluding carboxylic acids is 1. The highest BCUT2D eigenvalue weighted by molar-refractivity contribution is 5.90. The number of benzene rings is 3. The molecule has 26 heavy (non-hydrogen) atoms. The normalized spacial score (nSPS) is 10.8. The Bertz CT molecular complexity index is 1020. The Morgan fingerprint density at radius 1 is 0.808 bits per heavy atom. The van der Waals surface area contributed by atoms with E-state index in [0.29, 0.717) is 18.6 Å². The lowest BCUT2D eigenvalue weighted by Gasteiger charge is -2.06. The Balaban J connectivity index is 1.37. The van der Waals surface area contributed by atoms with E-state index in [1.54, 1.807) is 0 Å². The Kier molecular flexibility index (Phi) is 4.52. The number of H-pyrrole nitrogens is 1. The number of esters is 1. The number of para-hydroxylation sites is 1. The van der Waals surface area contributed by atoms with Crippen molar-refractivity contribution >= 4 is 16.9 Å². The van der Waals surface area contributed by atoms with Gasteiger partial charge in [-0.2, -0.15) is 0 Å². The first-order valence-electron chi connectivity index (χ1n) is 8.69. The average Bonchev–Trinajstić information content (AvgIpc) is 3.12. The van der Waals surface area contributed by atoms with Crippen LogP contribution in [-0.2, 0) is 11.2 Å². The lowest BCUT2D eigenvalue weighted by molar-refractivity contribution is 0.0509. The largest absolute Gasteiger partial charge is 0.462 e. The molecular weight excluding hydrogens is 322 g/mol. The van der Waals surface area contributed by atoms with Crippen LogP contribution in [0.5, 0.6) is 0 Å². The molecule has 3 heteroatoms. The molecule has 0 amide bonds. The predicted octanol–water partition coefficient (Wildman–Crippen LogP) is 5.23. The highest BCUT2D eigenvalue weighted by Gasteiger charge is 2.09. The van der Waals surface area contributed by atoms with E-state index in [0.717, 1.165) is 22.2 Å². The molecule has 128 valence electrons. The molecule has 3 aromatic carbocycles. The van der Waals surface area contributed by atoms with E-state index in [2.05, 4.69) is 23.2 Å². The summed E-state index contributed by atoms with van der Waals surface area (Å²) in [5, 5.41) is 1.18. The van der Waals surface area contributed by atoms with Gasteiger partial charge in [0.25, 0.3) is 0 Å². The van der Waals surface area contributed by atoms with Gasteiger partial charge in [-0.05, 0) is 34.9 Å². The molecule has 0 saturated heterocycles. The van der Waals surface area contributed by atoms with E-state index in [9.17, 15) is 4.79 Å². The van der Waals surface area contributed by atoms with Gasteiger partial charge < -0.3 is 9.72 Å². The van der Waals surface area contributed by atoms with Crippen molar-refractivity contribution < 1.29 is 9.53 Å². The molecule has 0 radical (unpaired) electrons. The van der Waals surface area contributed by atoms with Gasteiger partial charge >= 0.3 is 5.97 Å². The second-order valence-electron chi connectivity index (χ2n) is 6.19. The first kappa shape index (κ1) is 16.2. The number of aromatic nitrogens is 1. The van der Waals surface area contributed by atoms with E-state index in [1.165, 1.54) is 5.39 Å². The Hall–Kier alpha value is -3.33. The van der Waals surface area contributed by atoms with Crippen molar-refractivity contribution in [3.05, 3.63) is 96.2 Å². The summed E-state index contributed by atoms with van der Waals surface area (Å²) in [5.74, 6) is -0.288. The molecule has 0 aliphatic rings. The fraction of sp³-hybridized carbons (Fsp3) is 0.0870. The number of ether oxygens (including phenoxy) is 1. The molecule has 0 spiro atoms. The molecule has 1 heterocycles.